The van der Waals surface area contributed by atoms with Gasteiger partial charge in [0.15, 0.2) is 0 Å². The number of nitrogens with zero attached hydrogens (tertiary/aromatic N) is 1. The van der Waals surface area contributed by atoms with Crippen molar-refractivity contribution in [1.29, 1.82) is 5.26 Å². The van der Waals surface area contributed by atoms with Crippen LogP contribution in [0.15, 0.2) is 18.2 Å². The molecule has 20 heavy (non-hydrogen) atoms. The van der Waals surface area contributed by atoms with Crippen LogP contribution in [0.2, 0.25) is 10.0 Å². The van der Waals surface area contributed by atoms with E-state index in [1.807, 2.05) is 0 Å². The maximum Gasteiger partial charge on any atom is 0.122 e. The van der Waals surface area contributed by atoms with Crippen molar-refractivity contribution in [3.05, 3.63) is 28.2 Å². The average molecular weight is 312 g/mol. The second-order valence-corrected chi connectivity index (χ2v) is 6.34. The molecule has 1 aliphatic rings. The molecule has 108 valence electrons. The Hall–Kier alpha value is -0.910. The lowest BCUT2D eigenvalue weighted by molar-refractivity contribution is 0.0875. The zero-order valence-corrected chi connectivity index (χ0v) is 13.1. The summed E-state index contributed by atoms with van der Waals surface area (Å²) in [4.78, 5) is 0. The second-order valence-electron chi connectivity index (χ2n) is 5.46. The van der Waals surface area contributed by atoms with E-state index in [0.717, 1.165) is 19.3 Å². The van der Waals surface area contributed by atoms with Gasteiger partial charge >= 0.3 is 0 Å². The summed E-state index contributed by atoms with van der Waals surface area (Å²) < 4.78 is 6.01. The number of hydrogen-bond donors (Lipinski definition) is 0. The summed E-state index contributed by atoms with van der Waals surface area (Å²) >= 11 is 12.0. The Morgan fingerprint density at radius 1 is 1.25 bits per heavy atom. The molecule has 2 nitrogen and oxygen atoms in total. The standard InChI is InChI=1S/C16H19Cl2NO/c1-2-3-11-4-5-12(10-19)16(6-11)20-15-8-13(17)7-14(18)9-15/h7-9,11-12,16H,2-6H2,1H3. The highest BCUT2D eigenvalue weighted by molar-refractivity contribution is 6.34. The highest BCUT2D eigenvalue weighted by atomic mass is 35.5. The van der Waals surface area contributed by atoms with Crippen LogP contribution < -0.4 is 4.74 Å². The van der Waals surface area contributed by atoms with Crippen LogP contribution in [0.3, 0.4) is 0 Å². The van der Waals surface area contributed by atoms with Gasteiger partial charge in [0.25, 0.3) is 0 Å². The Bertz CT molecular complexity index is 477. The van der Waals surface area contributed by atoms with Crippen LogP contribution in [-0.2, 0) is 0 Å². The van der Waals surface area contributed by atoms with E-state index in [0.29, 0.717) is 21.7 Å². The maximum absolute atomic E-state index is 9.28. The smallest absolute Gasteiger partial charge is 0.122 e. The van der Waals surface area contributed by atoms with Crippen LogP contribution >= 0.6 is 23.2 Å². The number of nitriles is 1. The quantitative estimate of drug-likeness (QED) is 0.737. The van der Waals surface area contributed by atoms with E-state index in [9.17, 15) is 5.26 Å². The largest absolute Gasteiger partial charge is 0.489 e. The first-order chi connectivity index (χ1) is 9.62. The molecular weight excluding hydrogens is 293 g/mol. The first kappa shape index (κ1) is 15.5. The van der Waals surface area contributed by atoms with Gasteiger partial charge in [-0.3, -0.25) is 0 Å². The topological polar surface area (TPSA) is 33.0 Å². The number of rotatable bonds is 4. The SMILES string of the molecule is CCCC1CCC(C#N)C(Oc2cc(Cl)cc(Cl)c2)C1. The number of benzene rings is 1. The van der Waals surface area contributed by atoms with Crippen molar-refractivity contribution in [3.8, 4) is 11.8 Å². The summed E-state index contributed by atoms with van der Waals surface area (Å²) in [5.41, 5.74) is 0. The first-order valence-electron chi connectivity index (χ1n) is 7.14. The molecule has 3 unspecified atom stereocenters. The number of hydrogen-bond acceptors (Lipinski definition) is 2. The van der Waals surface area contributed by atoms with Crippen LogP contribution in [0.4, 0.5) is 0 Å². The van der Waals surface area contributed by atoms with E-state index in [2.05, 4.69) is 13.0 Å². The molecule has 1 aromatic rings. The highest BCUT2D eigenvalue weighted by Gasteiger charge is 2.31. The predicted octanol–water partition coefficient (Wildman–Crippen LogP) is 5.48. The molecule has 0 aliphatic heterocycles. The molecule has 0 bridgehead atoms. The van der Waals surface area contributed by atoms with E-state index in [-0.39, 0.29) is 12.0 Å². The Balaban J connectivity index is 2.09. The van der Waals surface area contributed by atoms with Crippen molar-refractivity contribution in [2.24, 2.45) is 11.8 Å². The lowest BCUT2D eigenvalue weighted by Gasteiger charge is -2.33. The van der Waals surface area contributed by atoms with Gasteiger partial charge in [-0.1, -0.05) is 43.0 Å². The summed E-state index contributed by atoms with van der Waals surface area (Å²) in [7, 11) is 0. The zero-order valence-electron chi connectivity index (χ0n) is 11.6. The highest BCUT2D eigenvalue weighted by Crippen LogP contribution is 2.35. The molecule has 0 heterocycles. The molecule has 0 saturated heterocycles. The fourth-order valence-electron chi connectivity index (χ4n) is 2.93. The van der Waals surface area contributed by atoms with E-state index < -0.39 is 0 Å². The molecule has 0 amide bonds. The molecule has 2 rings (SSSR count). The van der Waals surface area contributed by atoms with Gasteiger partial charge in [0.05, 0.1) is 12.0 Å². The van der Waals surface area contributed by atoms with Crippen LogP contribution in [0.1, 0.15) is 39.0 Å². The van der Waals surface area contributed by atoms with Crippen molar-refractivity contribution in [3.63, 3.8) is 0 Å². The monoisotopic (exact) mass is 311 g/mol. The van der Waals surface area contributed by atoms with Gasteiger partial charge in [0.1, 0.15) is 11.9 Å². The fraction of sp³-hybridized carbons (Fsp3) is 0.562. The Morgan fingerprint density at radius 3 is 2.55 bits per heavy atom. The minimum absolute atomic E-state index is 0.0409. The van der Waals surface area contributed by atoms with Crippen molar-refractivity contribution in [2.45, 2.75) is 45.1 Å². The van der Waals surface area contributed by atoms with Gasteiger partial charge in [0.2, 0.25) is 0 Å². The van der Waals surface area contributed by atoms with Gasteiger partial charge < -0.3 is 4.74 Å². The van der Waals surface area contributed by atoms with E-state index in [1.54, 1.807) is 18.2 Å². The zero-order chi connectivity index (χ0) is 14.5. The van der Waals surface area contributed by atoms with Gasteiger partial charge in [-0.25, -0.2) is 0 Å². The van der Waals surface area contributed by atoms with E-state index in [1.165, 1.54) is 12.8 Å². The minimum Gasteiger partial charge on any atom is -0.489 e. The Morgan fingerprint density at radius 2 is 1.95 bits per heavy atom. The van der Waals surface area contributed by atoms with Gasteiger partial charge in [-0.05, 0) is 43.4 Å². The van der Waals surface area contributed by atoms with Crippen LogP contribution in [0, 0.1) is 23.2 Å². The molecule has 0 N–H and O–H groups in total. The van der Waals surface area contributed by atoms with E-state index in [4.69, 9.17) is 27.9 Å². The van der Waals surface area contributed by atoms with E-state index >= 15 is 0 Å². The third kappa shape index (κ3) is 4.04. The summed E-state index contributed by atoms with van der Waals surface area (Å²) in [5.74, 6) is 1.27. The van der Waals surface area contributed by atoms with Crippen molar-refractivity contribution < 1.29 is 4.74 Å². The summed E-state index contributed by atoms with van der Waals surface area (Å²) in [6, 6.07) is 7.56. The van der Waals surface area contributed by atoms with Crippen molar-refractivity contribution in [1.82, 2.24) is 0 Å². The summed E-state index contributed by atoms with van der Waals surface area (Å²) in [5, 5.41) is 10.4. The maximum atomic E-state index is 9.28. The summed E-state index contributed by atoms with van der Waals surface area (Å²) in [6.45, 7) is 2.20. The lowest BCUT2D eigenvalue weighted by atomic mass is 9.78. The molecule has 0 spiro atoms. The molecule has 1 aromatic carbocycles. The van der Waals surface area contributed by atoms with Gasteiger partial charge in [0, 0.05) is 10.0 Å². The first-order valence-corrected chi connectivity index (χ1v) is 7.90. The molecule has 1 saturated carbocycles. The second kappa shape index (κ2) is 7.20. The van der Waals surface area contributed by atoms with Crippen molar-refractivity contribution >= 4 is 23.2 Å². The third-order valence-electron chi connectivity index (χ3n) is 3.89. The van der Waals surface area contributed by atoms with Crippen LogP contribution in [-0.4, -0.2) is 6.10 Å². The molecule has 3 atom stereocenters. The van der Waals surface area contributed by atoms with Gasteiger partial charge in [-0.15, -0.1) is 0 Å². The predicted molar refractivity (Wildman–Crippen MR) is 82.2 cm³/mol. The normalized spacial score (nSPS) is 26.0. The summed E-state index contributed by atoms with van der Waals surface area (Å²) in [6.07, 6.45) is 5.31. The van der Waals surface area contributed by atoms with Crippen LogP contribution in [0.25, 0.3) is 0 Å². The van der Waals surface area contributed by atoms with Crippen LogP contribution in [0.5, 0.6) is 5.75 Å². The Labute approximate surface area is 130 Å². The molecule has 0 radical (unpaired) electrons. The third-order valence-corrected chi connectivity index (χ3v) is 4.32. The Kier molecular flexibility index (Phi) is 5.57. The molecule has 1 fully saturated rings. The average Bonchev–Trinajstić information content (AvgIpc) is 2.38. The van der Waals surface area contributed by atoms with Gasteiger partial charge in [-0.2, -0.15) is 5.26 Å². The van der Waals surface area contributed by atoms with Crippen molar-refractivity contribution in [2.75, 3.05) is 0 Å². The molecule has 0 aromatic heterocycles. The molecule has 1 aliphatic carbocycles. The molecular formula is C16H19Cl2NO. The minimum atomic E-state index is -0.0557. The molecule has 4 heteroatoms. The number of halogens is 2. The fourth-order valence-corrected chi connectivity index (χ4v) is 3.44. The number of ether oxygens (including phenoxy) is 1. The lowest BCUT2D eigenvalue weighted by Crippen LogP contribution is -2.33.